The topological polar surface area (TPSA) is 83.5 Å². The molecule has 0 aliphatic carbocycles. The average Bonchev–Trinajstić information content (AvgIpc) is 2.69. The zero-order chi connectivity index (χ0) is 21.3. The molecule has 0 radical (unpaired) electrons. The first-order valence-electron chi connectivity index (χ1n) is 8.79. The lowest BCUT2D eigenvalue weighted by Crippen LogP contribution is -2.43. The number of hydrogen-bond donors (Lipinski definition) is 3. The third-order valence-corrected chi connectivity index (χ3v) is 3.59. The zero-order valence-electron chi connectivity index (χ0n) is 15.9. The first kappa shape index (κ1) is 22.2. The highest BCUT2D eigenvalue weighted by Gasteiger charge is 2.32. The van der Waals surface area contributed by atoms with Crippen LogP contribution in [0.1, 0.15) is 12.6 Å². The van der Waals surface area contributed by atoms with Gasteiger partial charge in [-0.2, -0.15) is 13.2 Å². The van der Waals surface area contributed by atoms with E-state index in [1.807, 2.05) is 0 Å². The molecule has 2 aromatic rings. The Kier molecular flexibility index (Phi) is 7.98. The van der Waals surface area contributed by atoms with Crippen LogP contribution in [-0.4, -0.2) is 48.7 Å². The highest BCUT2D eigenvalue weighted by atomic mass is 19.4. The molecule has 1 heterocycles. The molecule has 0 aliphatic rings. The van der Waals surface area contributed by atoms with Crippen LogP contribution < -0.4 is 20.7 Å². The maximum atomic E-state index is 13.6. The van der Waals surface area contributed by atoms with Crippen molar-refractivity contribution in [1.29, 1.82) is 0 Å². The smallest absolute Gasteiger partial charge is 0.433 e. The number of hydrogen-bond acceptors (Lipinski definition) is 5. The van der Waals surface area contributed by atoms with Crippen LogP contribution in [0.25, 0.3) is 0 Å². The van der Waals surface area contributed by atoms with Crippen LogP contribution in [0.3, 0.4) is 0 Å². The van der Waals surface area contributed by atoms with E-state index < -0.39 is 17.7 Å². The number of rotatable bonds is 8. The molecule has 0 aliphatic heterocycles. The number of aromatic nitrogens is 2. The van der Waals surface area contributed by atoms with Gasteiger partial charge in [0.05, 0.1) is 6.54 Å². The molecule has 158 valence electrons. The molecule has 1 aromatic heterocycles. The van der Waals surface area contributed by atoms with Crippen LogP contribution in [0.4, 0.5) is 23.5 Å². The number of anilines is 1. The minimum absolute atomic E-state index is 0.114. The highest BCUT2D eigenvalue weighted by Crippen LogP contribution is 2.27. The van der Waals surface area contributed by atoms with Gasteiger partial charge in [-0.25, -0.2) is 14.4 Å². The lowest BCUT2D eigenvalue weighted by atomic mass is 10.3. The number of nitrogens with one attached hydrogen (secondary N) is 3. The Hall–Kier alpha value is -3.11. The van der Waals surface area contributed by atoms with Gasteiger partial charge in [-0.3, -0.25) is 4.99 Å². The van der Waals surface area contributed by atoms with Crippen molar-refractivity contribution in [2.24, 2.45) is 4.99 Å². The molecule has 0 saturated heterocycles. The molecule has 2 rings (SSSR count). The van der Waals surface area contributed by atoms with E-state index in [0.717, 1.165) is 12.3 Å². The lowest BCUT2D eigenvalue weighted by molar-refractivity contribution is -0.141. The SMILES string of the molecule is CN=C(NCCNc1nccc(C(F)(F)F)n1)NCC(C)Oc1ccccc1F. The van der Waals surface area contributed by atoms with E-state index >= 15 is 0 Å². The van der Waals surface area contributed by atoms with Crippen molar-refractivity contribution in [3.05, 3.63) is 48.0 Å². The molecule has 1 aromatic carbocycles. The van der Waals surface area contributed by atoms with E-state index in [9.17, 15) is 17.6 Å². The monoisotopic (exact) mass is 414 g/mol. The number of aliphatic imine (C=N–C) groups is 1. The van der Waals surface area contributed by atoms with Crippen LogP contribution in [0.5, 0.6) is 5.75 Å². The molecular formula is C18H22F4N6O. The summed E-state index contributed by atoms with van der Waals surface area (Å²) in [6.07, 6.45) is -3.81. The van der Waals surface area contributed by atoms with E-state index in [4.69, 9.17) is 4.74 Å². The van der Waals surface area contributed by atoms with Gasteiger partial charge in [0.15, 0.2) is 17.5 Å². The van der Waals surface area contributed by atoms with Gasteiger partial charge in [-0.1, -0.05) is 12.1 Å². The van der Waals surface area contributed by atoms with Crippen LogP contribution in [0.2, 0.25) is 0 Å². The number of nitrogens with zero attached hydrogens (tertiary/aromatic N) is 3. The van der Waals surface area contributed by atoms with E-state index in [1.54, 1.807) is 32.2 Å². The van der Waals surface area contributed by atoms with Crippen molar-refractivity contribution in [2.45, 2.75) is 19.2 Å². The Morgan fingerprint density at radius 2 is 1.93 bits per heavy atom. The summed E-state index contributed by atoms with van der Waals surface area (Å²) >= 11 is 0. The number of ether oxygens (including phenoxy) is 1. The Morgan fingerprint density at radius 3 is 2.62 bits per heavy atom. The Balaban J connectivity index is 1.72. The normalized spacial score (nSPS) is 13.0. The van der Waals surface area contributed by atoms with E-state index in [0.29, 0.717) is 19.0 Å². The Morgan fingerprint density at radius 1 is 1.17 bits per heavy atom. The predicted molar refractivity (Wildman–Crippen MR) is 101 cm³/mol. The van der Waals surface area contributed by atoms with Crippen LogP contribution in [-0.2, 0) is 6.18 Å². The van der Waals surface area contributed by atoms with E-state index in [1.165, 1.54) is 6.07 Å². The summed E-state index contributed by atoms with van der Waals surface area (Å²) in [5, 5.41) is 8.71. The summed E-state index contributed by atoms with van der Waals surface area (Å²) in [5.74, 6) is 0.0667. The molecular weight excluding hydrogens is 392 g/mol. The van der Waals surface area contributed by atoms with Gasteiger partial charge in [-0.05, 0) is 25.1 Å². The number of halogens is 4. The summed E-state index contributed by atoms with van der Waals surface area (Å²) < 4.78 is 57.0. The standard InChI is InChI=1S/C18H22F4N6O/c1-12(29-14-6-4-3-5-13(14)19)11-27-16(23-2)25-9-10-26-17-24-8-7-15(28-17)18(20,21)22/h3-8,12H,9-11H2,1-2H3,(H2,23,25,27)(H,24,26,28). The number of guanidine groups is 1. The minimum atomic E-state index is -4.52. The molecule has 0 amide bonds. The minimum Gasteiger partial charge on any atom is -0.486 e. The fourth-order valence-electron chi connectivity index (χ4n) is 2.22. The molecule has 0 bridgehead atoms. The second-order valence-electron chi connectivity index (χ2n) is 5.93. The van der Waals surface area contributed by atoms with Crippen molar-refractivity contribution in [1.82, 2.24) is 20.6 Å². The van der Waals surface area contributed by atoms with Gasteiger partial charge in [-0.15, -0.1) is 0 Å². The highest BCUT2D eigenvalue weighted by molar-refractivity contribution is 5.79. The molecule has 0 spiro atoms. The first-order chi connectivity index (χ1) is 13.8. The molecule has 0 fully saturated rings. The summed E-state index contributed by atoms with van der Waals surface area (Å²) in [6, 6.07) is 6.92. The van der Waals surface area contributed by atoms with Gasteiger partial charge < -0.3 is 20.7 Å². The zero-order valence-corrected chi connectivity index (χ0v) is 15.9. The van der Waals surface area contributed by atoms with Gasteiger partial charge in [0, 0.05) is 26.3 Å². The average molecular weight is 414 g/mol. The predicted octanol–water partition coefficient (Wildman–Crippen LogP) is 2.68. The molecule has 11 heteroatoms. The van der Waals surface area contributed by atoms with Crippen LogP contribution in [0.15, 0.2) is 41.5 Å². The summed E-state index contributed by atoms with van der Waals surface area (Å²) in [5.41, 5.74) is -1.01. The quantitative estimate of drug-likeness (QED) is 0.267. The third kappa shape index (κ3) is 7.43. The maximum absolute atomic E-state index is 13.6. The third-order valence-electron chi connectivity index (χ3n) is 3.59. The molecule has 7 nitrogen and oxygen atoms in total. The van der Waals surface area contributed by atoms with Crippen molar-refractivity contribution in [3.63, 3.8) is 0 Å². The first-order valence-corrected chi connectivity index (χ1v) is 8.79. The lowest BCUT2D eigenvalue weighted by Gasteiger charge is -2.18. The summed E-state index contributed by atoms with van der Waals surface area (Å²) in [4.78, 5) is 11.2. The Labute approximate surface area is 165 Å². The maximum Gasteiger partial charge on any atom is 0.433 e. The largest absolute Gasteiger partial charge is 0.486 e. The van der Waals surface area contributed by atoms with Gasteiger partial charge in [0.2, 0.25) is 5.95 Å². The van der Waals surface area contributed by atoms with Gasteiger partial charge in [0.1, 0.15) is 11.8 Å². The molecule has 3 N–H and O–H groups in total. The summed E-state index contributed by atoms with van der Waals surface area (Å²) in [6.45, 7) is 2.75. The second-order valence-corrected chi connectivity index (χ2v) is 5.93. The van der Waals surface area contributed by atoms with Crippen molar-refractivity contribution in [3.8, 4) is 5.75 Å². The second kappa shape index (κ2) is 10.4. The van der Waals surface area contributed by atoms with Crippen LogP contribution >= 0.6 is 0 Å². The number of para-hydroxylation sites is 1. The van der Waals surface area contributed by atoms with E-state index in [-0.39, 0.29) is 24.3 Å². The van der Waals surface area contributed by atoms with Gasteiger partial charge in [0.25, 0.3) is 0 Å². The van der Waals surface area contributed by atoms with Gasteiger partial charge >= 0.3 is 6.18 Å². The van der Waals surface area contributed by atoms with Crippen molar-refractivity contribution >= 4 is 11.9 Å². The van der Waals surface area contributed by atoms with Crippen LogP contribution in [0, 0.1) is 5.82 Å². The molecule has 1 unspecified atom stereocenters. The van der Waals surface area contributed by atoms with Crippen molar-refractivity contribution < 1.29 is 22.3 Å². The molecule has 29 heavy (non-hydrogen) atoms. The fraction of sp³-hybridized carbons (Fsp3) is 0.389. The Bertz CT molecular complexity index is 815. The molecule has 0 saturated carbocycles. The van der Waals surface area contributed by atoms with Crippen molar-refractivity contribution in [2.75, 3.05) is 32.0 Å². The number of alkyl halides is 3. The summed E-state index contributed by atoms with van der Waals surface area (Å²) in [7, 11) is 1.57. The fourth-order valence-corrected chi connectivity index (χ4v) is 2.22. The number of benzene rings is 1. The van der Waals surface area contributed by atoms with E-state index in [2.05, 4.69) is 30.9 Å². The molecule has 1 atom stereocenters.